The summed E-state index contributed by atoms with van der Waals surface area (Å²) in [5.74, 6) is -0.956. The standard InChI is InChI=1S/C19H22N2O4/c1-14(22)18(20-17(23)12-15-8-4-2-5-9-15)19(24)21-25-13-16-10-6-3-7-11-16/h2-11,14,18,22H,12-13H2,1H3,(H,20,23)(H,21,24)/t14-,18+/m1/s1. The maximum absolute atomic E-state index is 12.2. The zero-order valence-electron chi connectivity index (χ0n) is 14.0. The molecule has 0 unspecified atom stereocenters. The molecule has 0 radical (unpaired) electrons. The number of amides is 2. The number of hydrogen-bond acceptors (Lipinski definition) is 4. The van der Waals surface area contributed by atoms with Crippen molar-refractivity contribution in [3.05, 3.63) is 71.8 Å². The molecule has 0 spiro atoms. The van der Waals surface area contributed by atoms with Gasteiger partial charge in [0.15, 0.2) is 0 Å². The third-order valence-electron chi connectivity index (χ3n) is 3.54. The van der Waals surface area contributed by atoms with Gasteiger partial charge in [-0.3, -0.25) is 14.4 Å². The van der Waals surface area contributed by atoms with Gasteiger partial charge in [-0.15, -0.1) is 0 Å². The molecule has 2 aromatic rings. The molecule has 2 aromatic carbocycles. The molecule has 6 nitrogen and oxygen atoms in total. The highest BCUT2D eigenvalue weighted by Crippen LogP contribution is 2.02. The van der Waals surface area contributed by atoms with Gasteiger partial charge in [-0.05, 0) is 18.1 Å². The normalized spacial score (nSPS) is 12.9. The third kappa shape index (κ3) is 6.37. The average molecular weight is 342 g/mol. The Morgan fingerprint density at radius 2 is 1.56 bits per heavy atom. The van der Waals surface area contributed by atoms with Crippen LogP contribution in [0.4, 0.5) is 0 Å². The van der Waals surface area contributed by atoms with E-state index in [9.17, 15) is 14.7 Å². The van der Waals surface area contributed by atoms with Crippen molar-refractivity contribution < 1.29 is 19.5 Å². The Bertz CT molecular complexity index is 674. The van der Waals surface area contributed by atoms with E-state index in [1.807, 2.05) is 60.7 Å². The van der Waals surface area contributed by atoms with E-state index in [0.717, 1.165) is 11.1 Å². The fourth-order valence-electron chi connectivity index (χ4n) is 2.24. The molecular formula is C19H22N2O4. The fraction of sp³-hybridized carbons (Fsp3) is 0.263. The maximum atomic E-state index is 12.2. The van der Waals surface area contributed by atoms with E-state index in [0.29, 0.717) is 0 Å². The Hall–Kier alpha value is -2.70. The van der Waals surface area contributed by atoms with Crippen LogP contribution >= 0.6 is 0 Å². The first-order valence-corrected chi connectivity index (χ1v) is 8.03. The summed E-state index contributed by atoms with van der Waals surface area (Å²) in [6.07, 6.45) is -0.928. The van der Waals surface area contributed by atoms with Crippen molar-refractivity contribution in [2.45, 2.75) is 32.1 Å². The fourth-order valence-corrected chi connectivity index (χ4v) is 2.24. The molecule has 0 aliphatic rings. The zero-order chi connectivity index (χ0) is 18.1. The Morgan fingerprint density at radius 3 is 2.12 bits per heavy atom. The number of aliphatic hydroxyl groups is 1. The van der Waals surface area contributed by atoms with Gasteiger partial charge in [-0.25, -0.2) is 5.48 Å². The van der Waals surface area contributed by atoms with Crippen molar-refractivity contribution in [1.82, 2.24) is 10.8 Å². The minimum atomic E-state index is -1.09. The van der Waals surface area contributed by atoms with Crippen LogP contribution in [-0.4, -0.2) is 29.1 Å². The van der Waals surface area contributed by atoms with Gasteiger partial charge in [-0.1, -0.05) is 60.7 Å². The number of aliphatic hydroxyl groups excluding tert-OH is 1. The third-order valence-corrected chi connectivity index (χ3v) is 3.54. The molecule has 2 atom stereocenters. The van der Waals surface area contributed by atoms with E-state index in [4.69, 9.17) is 4.84 Å². The van der Waals surface area contributed by atoms with Gasteiger partial charge < -0.3 is 10.4 Å². The average Bonchev–Trinajstić information content (AvgIpc) is 2.61. The molecule has 0 aliphatic heterocycles. The predicted molar refractivity (Wildman–Crippen MR) is 93.1 cm³/mol. The van der Waals surface area contributed by atoms with Gasteiger partial charge in [0.05, 0.1) is 19.1 Å². The van der Waals surface area contributed by atoms with E-state index in [1.165, 1.54) is 6.92 Å². The minimum Gasteiger partial charge on any atom is -0.391 e. The molecule has 0 aliphatic carbocycles. The second-order valence-electron chi connectivity index (χ2n) is 5.69. The second kappa shape index (κ2) is 9.56. The molecule has 132 valence electrons. The van der Waals surface area contributed by atoms with E-state index >= 15 is 0 Å². The van der Waals surface area contributed by atoms with Crippen molar-refractivity contribution >= 4 is 11.8 Å². The minimum absolute atomic E-state index is 0.127. The van der Waals surface area contributed by atoms with E-state index in [2.05, 4.69) is 10.8 Å². The van der Waals surface area contributed by atoms with E-state index in [-0.39, 0.29) is 18.9 Å². The van der Waals surface area contributed by atoms with Crippen LogP contribution in [-0.2, 0) is 27.5 Å². The molecule has 2 rings (SSSR count). The predicted octanol–water partition coefficient (Wildman–Crippen LogP) is 1.34. The maximum Gasteiger partial charge on any atom is 0.268 e. The van der Waals surface area contributed by atoms with Crippen molar-refractivity contribution in [3.8, 4) is 0 Å². The zero-order valence-corrected chi connectivity index (χ0v) is 14.0. The molecule has 0 saturated heterocycles. The van der Waals surface area contributed by atoms with E-state index in [1.54, 1.807) is 0 Å². The number of hydroxylamine groups is 1. The largest absolute Gasteiger partial charge is 0.391 e. The first kappa shape index (κ1) is 18.6. The molecule has 2 amide bonds. The van der Waals surface area contributed by atoms with Gasteiger partial charge >= 0.3 is 0 Å². The summed E-state index contributed by atoms with van der Waals surface area (Å²) in [4.78, 5) is 29.4. The lowest BCUT2D eigenvalue weighted by molar-refractivity contribution is -0.141. The quantitative estimate of drug-likeness (QED) is 0.632. The molecular weight excluding hydrogens is 320 g/mol. The van der Waals surface area contributed by atoms with Gasteiger partial charge in [-0.2, -0.15) is 0 Å². The molecule has 0 heterocycles. The molecule has 0 saturated carbocycles. The van der Waals surface area contributed by atoms with Gasteiger partial charge in [0.2, 0.25) is 5.91 Å². The highest BCUT2D eigenvalue weighted by Gasteiger charge is 2.25. The van der Waals surface area contributed by atoms with Crippen LogP contribution in [0.5, 0.6) is 0 Å². The summed E-state index contributed by atoms with van der Waals surface area (Å²) in [6.45, 7) is 1.63. The van der Waals surface area contributed by atoms with Crippen molar-refractivity contribution in [2.75, 3.05) is 0 Å². The highest BCUT2D eigenvalue weighted by molar-refractivity contribution is 5.88. The van der Waals surface area contributed by atoms with E-state index < -0.39 is 18.1 Å². The topological polar surface area (TPSA) is 87.7 Å². The number of nitrogens with one attached hydrogen (secondary N) is 2. The van der Waals surface area contributed by atoms with Crippen LogP contribution in [0, 0.1) is 0 Å². The van der Waals surface area contributed by atoms with Crippen molar-refractivity contribution in [3.63, 3.8) is 0 Å². The Kier molecular flexibility index (Phi) is 7.13. The first-order valence-electron chi connectivity index (χ1n) is 8.03. The van der Waals surface area contributed by atoms with Crippen LogP contribution < -0.4 is 10.8 Å². The second-order valence-corrected chi connectivity index (χ2v) is 5.69. The summed E-state index contributed by atoms with van der Waals surface area (Å²) in [5.41, 5.74) is 3.99. The summed E-state index contributed by atoms with van der Waals surface area (Å²) in [7, 11) is 0. The van der Waals surface area contributed by atoms with Crippen LogP contribution in [0.3, 0.4) is 0 Å². The summed E-state index contributed by atoms with van der Waals surface area (Å²) < 4.78 is 0. The molecule has 0 aromatic heterocycles. The van der Waals surface area contributed by atoms with Crippen LogP contribution in [0.2, 0.25) is 0 Å². The highest BCUT2D eigenvalue weighted by atomic mass is 16.6. The molecule has 6 heteroatoms. The summed E-state index contributed by atoms with van der Waals surface area (Å²) in [5, 5.41) is 12.3. The van der Waals surface area contributed by atoms with Crippen LogP contribution in [0.1, 0.15) is 18.1 Å². The first-order chi connectivity index (χ1) is 12.1. The lowest BCUT2D eigenvalue weighted by Gasteiger charge is -2.20. The van der Waals surface area contributed by atoms with Crippen LogP contribution in [0.25, 0.3) is 0 Å². The Labute approximate surface area is 146 Å². The van der Waals surface area contributed by atoms with Crippen LogP contribution in [0.15, 0.2) is 60.7 Å². The lowest BCUT2D eigenvalue weighted by Crippen LogP contribution is -2.52. The lowest BCUT2D eigenvalue weighted by atomic mass is 10.1. The SMILES string of the molecule is C[C@@H](O)[C@H](NC(=O)Cc1ccccc1)C(=O)NOCc1ccccc1. The molecule has 3 N–H and O–H groups in total. The summed E-state index contributed by atoms with van der Waals surface area (Å²) >= 11 is 0. The number of carbonyl (C=O) groups is 2. The van der Waals surface area contributed by atoms with Crippen molar-refractivity contribution in [1.29, 1.82) is 0 Å². The number of benzene rings is 2. The number of hydrogen-bond donors (Lipinski definition) is 3. The monoisotopic (exact) mass is 342 g/mol. The van der Waals surface area contributed by atoms with Crippen molar-refractivity contribution in [2.24, 2.45) is 0 Å². The van der Waals surface area contributed by atoms with Gasteiger partial charge in [0, 0.05) is 0 Å². The van der Waals surface area contributed by atoms with Gasteiger partial charge in [0.25, 0.3) is 5.91 Å². The molecule has 25 heavy (non-hydrogen) atoms. The Balaban J connectivity index is 1.84. The number of carbonyl (C=O) groups excluding carboxylic acids is 2. The number of rotatable bonds is 8. The van der Waals surface area contributed by atoms with Gasteiger partial charge in [0.1, 0.15) is 6.04 Å². The molecule has 0 fully saturated rings. The summed E-state index contributed by atoms with van der Waals surface area (Å²) in [6, 6.07) is 17.4. The Morgan fingerprint density at radius 1 is 1.00 bits per heavy atom. The smallest absolute Gasteiger partial charge is 0.268 e. The molecule has 0 bridgehead atoms.